The summed E-state index contributed by atoms with van der Waals surface area (Å²) in [5.41, 5.74) is -0.412. The average molecular weight is 245 g/mol. The Kier molecular flexibility index (Phi) is 3.83. The topological polar surface area (TPSA) is 46.5 Å². The zero-order valence-corrected chi connectivity index (χ0v) is 11.4. The summed E-state index contributed by atoms with van der Waals surface area (Å²) in [6.45, 7) is 8.86. The van der Waals surface area contributed by atoms with E-state index in [1.165, 1.54) is 6.42 Å². The molecule has 0 atom stereocenters. The molecule has 1 aliphatic rings. The molecule has 0 aromatic rings. The Morgan fingerprint density at radius 3 is 2.06 bits per heavy atom. The van der Waals surface area contributed by atoms with E-state index >= 15 is 0 Å². The third-order valence-corrected chi connectivity index (χ3v) is 6.29. The maximum Gasteiger partial charge on any atom is 0.157 e. The van der Waals surface area contributed by atoms with Crippen LogP contribution in [0, 0.1) is 0 Å². The van der Waals surface area contributed by atoms with Gasteiger partial charge in [-0.15, -0.1) is 0 Å². The Balaban J connectivity index is 2.89. The zero-order valence-electron chi connectivity index (χ0n) is 10.6. The van der Waals surface area contributed by atoms with Crippen LogP contribution in [0.4, 0.5) is 0 Å². The lowest BCUT2D eigenvalue weighted by atomic mass is 9.84. The summed E-state index contributed by atoms with van der Waals surface area (Å²) < 4.78 is 23.7. The second-order valence-corrected chi connectivity index (χ2v) is 8.56. The van der Waals surface area contributed by atoms with Crippen LogP contribution in [0.5, 0.6) is 0 Å². The summed E-state index contributed by atoms with van der Waals surface area (Å²) in [6.07, 6.45) is 5.06. The van der Waals surface area contributed by atoms with Crippen molar-refractivity contribution in [2.24, 2.45) is 4.99 Å². The standard InChI is InChI=1S/C12H23NO2S/c1-11(2,3)16(14,15)10-12(13-4)8-6-5-7-9-12/h4-10H2,1-3H3. The Hall–Kier alpha value is -0.380. The summed E-state index contributed by atoms with van der Waals surface area (Å²) in [6, 6.07) is 0. The van der Waals surface area contributed by atoms with Crippen LogP contribution in [0.15, 0.2) is 4.99 Å². The molecule has 0 saturated heterocycles. The van der Waals surface area contributed by atoms with Crippen molar-refractivity contribution in [2.45, 2.75) is 63.2 Å². The second-order valence-electron chi connectivity index (χ2n) is 5.81. The molecule has 0 heterocycles. The first-order chi connectivity index (χ1) is 7.22. The molecule has 0 aliphatic heterocycles. The number of nitrogens with zero attached hydrogens (tertiary/aromatic N) is 1. The Morgan fingerprint density at radius 2 is 1.69 bits per heavy atom. The fourth-order valence-corrected chi connectivity index (χ4v) is 3.65. The Morgan fingerprint density at radius 1 is 1.19 bits per heavy atom. The molecule has 16 heavy (non-hydrogen) atoms. The van der Waals surface area contributed by atoms with E-state index in [1.54, 1.807) is 20.8 Å². The van der Waals surface area contributed by atoms with Gasteiger partial charge in [-0.05, 0) is 40.3 Å². The molecule has 0 N–H and O–H groups in total. The van der Waals surface area contributed by atoms with Gasteiger partial charge in [-0.3, -0.25) is 4.99 Å². The molecular formula is C12H23NO2S. The average Bonchev–Trinajstić information content (AvgIpc) is 2.17. The van der Waals surface area contributed by atoms with Gasteiger partial charge in [-0.1, -0.05) is 19.3 Å². The first kappa shape index (κ1) is 13.7. The minimum Gasteiger partial charge on any atom is -0.293 e. The van der Waals surface area contributed by atoms with Gasteiger partial charge in [-0.2, -0.15) is 0 Å². The van der Waals surface area contributed by atoms with E-state index in [4.69, 9.17) is 0 Å². The van der Waals surface area contributed by atoms with Crippen molar-refractivity contribution < 1.29 is 8.42 Å². The fourth-order valence-electron chi connectivity index (χ4n) is 2.13. The van der Waals surface area contributed by atoms with Crippen molar-refractivity contribution in [1.82, 2.24) is 0 Å². The van der Waals surface area contributed by atoms with Gasteiger partial charge in [0.15, 0.2) is 9.84 Å². The van der Waals surface area contributed by atoms with Gasteiger partial charge in [0.25, 0.3) is 0 Å². The Labute approximate surface area is 99.3 Å². The molecule has 0 aromatic carbocycles. The molecule has 0 bridgehead atoms. The molecule has 0 aromatic heterocycles. The van der Waals surface area contributed by atoms with E-state index in [0.29, 0.717) is 0 Å². The number of sulfone groups is 1. The molecular weight excluding hydrogens is 222 g/mol. The SMILES string of the molecule is C=NC1(CS(=O)(=O)C(C)(C)C)CCCCC1. The monoisotopic (exact) mass is 245 g/mol. The second kappa shape index (κ2) is 4.47. The molecule has 4 heteroatoms. The molecule has 0 radical (unpaired) electrons. The van der Waals surface area contributed by atoms with Crippen LogP contribution in [-0.2, 0) is 9.84 Å². The van der Waals surface area contributed by atoms with Crippen LogP contribution in [-0.4, -0.2) is 31.2 Å². The predicted molar refractivity (Wildman–Crippen MR) is 68.9 cm³/mol. The van der Waals surface area contributed by atoms with Gasteiger partial charge in [0.05, 0.1) is 16.0 Å². The molecule has 3 nitrogen and oxygen atoms in total. The minimum atomic E-state index is -3.10. The molecule has 0 unspecified atom stereocenters. The summed E-state index contributed by atoms with van der Waals surface area (Å²) in [4.78, 5) is 4.15. The predicted octanol–water partition coefficient (Wildman–Crippen LogP) is 2.60. The highest BCUT2D eigenvalue weighted by Crippen LogP contribution is 2.34. The fraction of sp³-hybridized carbons (Fsp3) is 0.917. The highest BCUT2D eigenvalue weighted by molar-refractivity contribution is 7.92. The molecule has 0 spiro atoms. The zero-order chi connectivity index (χ0) is 12.4. The van der Waals surface area contributed by atoms with Crippen molar-refractivity contribution in [3.05, 3.63) is 0 Å². The van der Waals surface area contributed by atoms with Crippen LogP contribution < -0.4 is 0 Å². The first-order valence-corrected chi connectivity index (χ1v) is 7.58. The van der Waals surface area contributed by atoms with Crippen LogP contribution >= 0.6 is 0 Å². The molecule has 1 saturated carbocycles. The molecule has 1 fully saturated rings. The van der Waals surface area contributed by atoms with E-state index in [2.05, 4.69) is 11.7 Å². The molecule has 1 aliphatic carbocycles. The van der Waals surface area contributed by atoms with E-state index in [1.807, 2.05) is 0 Å². The van der Waals surface area contributed by atoms with Gasteiger partial charge in [0, 0.05) is 0 Å². The molecule has 94 valence electrons. The van der Waals surface area contributed by atoms with Crippen molar-refractivity contribution >= 4 is 16.6 Å². The number of hydrogen-bond acceptors (Lipinski definition) is 3. The van der Waals surface area contributed by atoms with Crippen molar-refractivity contribution in [1.29, 1.82) is 0 Å². The smallest absolute Gasteiger partial charge is 0.157 e. The van der Waals surface area contributed by atoms with Crippen molar-refractivity contribution in [3.8, 4) is 0 Å². The van der Waals surface area contributed by atoms with Gasteiger partial charge < -0.3 is 0 Å². The summed E-state index contributed by atoms with van der Waals surface area (Å²) in [7, 11) is -3.10. The van der Waals surface area contributed by atoms with E-state index < -0.39 is 20.1 Å². The van der Waals surface area contributed by atoms with Gasteiger partial charge >= 0.3 is 0 Å². The lowest BCUT2D eigenvalue weighted by Crippen LogP contribution is -2.43. The lowest BCUT2D eigenvalue weighted by molar-refractivity contribution is 0.326. The van der Waals surface area contributed by atoms with Crippen LogP contribution in [0.1, 0.15) is 52.9 Å². The maximum atomic E-state index is 12.2. The third kappa shape index (κ3) is 2.84. The maximum absolute atomic E-state index is 12.2. The first-order valence-electron chi connectivity index (χ1n) is 5.93. The van der Waals surface area contributed by atoms with E-state index in [9.17, 15) is 8.42 Å². The number of aliphatic imine (C=N–C) groups is 1. The molecule has 1 rings (SSSR count). The van der Waals surface area contributed by atoms with Gasteiger partial charge in [-0.25, -0.2) is 8.42 Å². The van der Waals surface area contributed by atoms with E-state index in [-0.39, 0.29) is 5.75 Å². The van der Waals surface area contributed by atoms with Crippen LogP contribution in [0.25, 0.3) is 0 Å². The number of hydrogen-bond donors (Lipinski definition) is 0. The van der Waals surface area contributed by atoms with E-state index in [0.717, 1.165) is 25.7 Å². The quantitative estimate of drug-likeness (QED) is 0.717. The largest absolute Gasteiger partial charge is 0.293 e. The number of rotatable bonds is 3. The van der Waals surface area contributed by atoms with Crippen LogP contribution in [0.2, 0.25) is 0 Å². The summed E-state index contributed by atoms with van der Waals surface area (Å²) in [5.74, 6) is 0.160. The highest BCUT2D eigenvalue weighted by atomic mass is 32.2. The van der Waals surface area contributed by atoms with Crippen molar-refractivity contribution in [2.75, 3.05) is 5.75 Å². The third-order valence-electron chi connectivity index (χ3n) is 3.51. The normalized spacial score (nSPS) is 21.7. The minimum absolute atomic E-state index is 0.160. The lowest BCUT2D eigenvalue weighted by Gasteiger charge is -2.35. The highest BCUT2D eigenvalue weighted by Gasteiger charge is 2.40. The summed E-state index contributed by atoms with van der Waals surface area (Å²) in [5, 5.41) is 0. The van der Waals surface area contributed by atoms with Gasteiger partial charge in [0.2, 0.25) is 0 Å². The van der Waals surface area contributed by atoms with Crippen molar-refractivity contribution in [3.63, 3.8) is 0 Å². The summed E-state index contributed by atoms with van der Waals surface area (Å²) >= 11 is 0. The Bertz CT molecular complexity index is 346. The molecule has 0 amide bonds. The van der Waals surface area contributed by atoms with Crippen LogP contribution in [0.3, 0.4) is 0 Å². The van der Waals surface area contributed by atoms with Gasteiger partial charge in [0.1, 0.15) is 0 Å².